The quantitative estimate of drug-likeness (QED) is 0.427. The van der Waals surface area contributed by atoms with Crippen LogP contribution in [0.15, 0.2) is 0 Å². The summed E-state index contributed by atoms with van der Waals surface area (Å²) in [6.45, 7) is 6.52. The number of ketones is 2. The molecule has 0 aromatic carbocycles. The van der Waals surface area contributed by atoms with E-state index in [1.54, 1.807) is 13.8 Å². The molecule has 7 nitrogen and oxygen atoms in total. The summed E-state index contributed by atoms with van der Waals surface area (Å²) in [5.74, 6) is -0.926. The number of carbonyl (C=O) groups is 3. The molecule has 0 aromatic rings. The van der Waals surface area contributed by atoms with Gasteiger partial charge in [-0.15, -0.1) is 0 Å². The topological polar surface area (TPSA) is 122 Å². The number of amides is 1. The minimum atomic E-state index is -0.978. The highest BCUT2D eigenvalue weighted by Gasteiger charge is 2.40. The highest BCUT2D eigenvalue weighted by Crippen LogP contribution is 2.37. The molecule has 0 aromatic heterocycles. The van der Waals surface area contributed by atoms with Crippen LogP contribution in [0.2, 0.25) is 0 Å². The predicted octanol–water partition coefficient (Wildman–Crippen LogP) is 1.03. The van der Waals surface area contributed by atoms with Crippen molar-refractivity contribution >= 4 is 17.5 Å². The fourth-order valence-corrected chi connectivity index (χ4v) is 4.89. The number of nitrogens with two attached hydrogens (primary N) is 1. The molecule has 2 fully saturated rings. The summed E-state index contributed by atoms with van der Waals surface area (Å²) < 4.78 is 0. The van der Waals surface area contributed by atoms with Gasteiger partial charge in [-0.05, 0) is 25.3 Å². The molecule has 0 unspecified atom stereocenters. The first kappa shape index (κ1) is 24.0. The van der Waals surface area contributed by atoms with Crippen molar-refractivity contribution in [3.8, 4) is 0 Å². The second-order valence-corrected chi connectivity index (χ2v) is 9.20. The van der Waals surface area contributed by atoms with Crippen molar-refractivity contribution < 1.29 is 19.5 Å². The zero-order valence-electron chi connectivity index (χ0n) is 18.2. The van der Waals surface area contributed by atoms with Gasteiger partial charge in [0.05, 0.1) is 18.1 Å². The molecule has 166 valence electrons. The van der Waals surface area contributed by atoms with Crippen molar-refractivity contribution in [1.82, 2.24) is 10.6 Å². The highest BCUT2D eigenvalue weighted by molar-refractivity contribution is 5.93. The van der Waals surface area contributed by atoms with E-state index in [4.69, 9.17) is 5.73 Å². The molecular formula is C22H39N3O4. The molecule has 5 atom stereocenters. The van der Waals surface area contributed by atoms with Crippen LogP contribution in [0.5, 0.6) is 0 Å². The van der Waals surface area contributed by atoms with Crippen LogP contribution in [-0.4, -0.2) is 54.4 Å². The molecule has 5 N–H and O–H groups in total. The van der Waals surface area contributed by atoms with Crippen LogP contribution in [0, 0.1) is 29.6 Å². The van der Waals surface area contributed by atoms with E-state index in [0.29, 0.717) is 18.4 Å². The minimum Gasteiger partial charge on any atom is -0.393 e. The van der Waals surface area contributed by atoms with Crippen LogP contribution in [0.1, 0.15) is 59.3 Å². The highest BCUT2D eigenvalue weighted by atomic mass is 16.3. The Balaban J connectivity index is 2.02. The zero-order chi connectivity index (χ0) is 21.6. The molecule has 7 heteroatoms. The minimum absolute atomic E-state index is 0.000468. The Labute approximate surface area is 174 Å². The molecule has 29 heavy (non-hydrogen) atoms. The lowest BCUT2D eigenvalue weighted by molar-refractivity contribution is -0.137. The van der Waals surface area contributed by atoms with Gasteiger partial charge in [0.25, 0.3) is 0 Å². The lowest BCUT2D eigenvalue weighted by Gasteiger charge is -2.31. The normalized spacial score (nSPS) is 26.1. The molecule has 0 spiro atoms. The van der Waals surface area contributed by atoms with E-state index in [1.807, 2.05) is 0 Å². The second-order valence-electron chi connectivity index (χ2n) is 9.20. The zero-order valence-corrected chi connectivity index (χ0v) is 18.2. The number of hydrogen-bond acceptors (Lipinski definition) is 6. The summed E-state index contributed by atoms with van der Waals surface area (Å²) in [5, 5.41) is 16.2. The predicted molar refractivity (Wildman–Crippen MR) is 112 cm³/mol. The fraction of sp³-hybridized carbons (Fsp3) is 0.864. The van der Waals surface area contributed by atoms with Crippen LogP contribution in [-0.2, 0) is 14.4 Å². The van der Waals surface area contributed by atoms with Crippen molar-refractivity contribution in [1.29, 1.82) is 0 Å². The van der Waals surface area contributed by atoms with Gasteiger partial charge in [0.1, 0.15) is 5.78 Å². The Bertz CT molecular complexity index is 572. The third kappa shape index (κ3) is 6.33. The van der Waals surface area contributed by atoms with Gasteiger partial charge in [-0.2, -0.15) is 0 Å². The van der Waals surface area contributed by atoms with E-state index in [2.05, 4.69) is 10.6 Å². The third-order valence-electron chi connectivity index (χ3n) is 6.73. The average molecular weight is 410 g/mol. The van der Waals surface area contributed by atoms with E-state index in [0.717, 1.165) is 6.54 Å². The maximum Gasteiger partial charge on any atom is 0.226 e. The molecule has 1 aliphatic carbocycles. The van der Waals surface area contributed by atoms with Crippen molar-refractivity contribution in [3.05, 3.63) is 0 Å². The van der Waals surface area contributed by atoms with Gasteiger partial charge < -0.3 is 21.5 Å². The van der Waals surface area contributed by atoms with Gasteiger partial charge in [-0.25, -0.2) is 0 Å². The number of Topliss-reactive ketones (excluding diaryl/α,β-unsaturated/α-hetero) is 2. The summed E-state index contributed by atoms with van der Waals surface area (Å²) in [4.78, 5) is 38.1. The lowest BCUT2D eigenvalue weighted by atomic mass is 9.73. The van der Waals surface area contributed by atoms with E-state index in [-0.39, 0.29) is 36.4 Å². The van der Waals surface area contributed by atoms with E-state index in [9.17, 15) is 19.5 Å². The summed E-state index contributed by atoms with van der Waals surface area (Å²) in [6, 6.07) is -0.790. The van der Waals surface area contributed by atoms with Gasteiger partial charge in [0, 0.05) is 31.3 Å². The largest absolute Gasteiger partial charge is 0.393 e. The number of aliphatic hydroxyl groups excluding tert-OH is 1. The molecule has 1 aliphatic heterocycles. The number of aliphatic hydroxyl groups is 1. The summed E-state index contributed by atoms with van der Waals surface area (Å²) in [6.07, 6.45) is 5.09. The van der Waals surface area contributed by atoms with Crippen molar-refractivity contribution in [3.63, 3.8) is 0 Å². The second kappa shape index (κ2) is 11.2. The van der Waals surface area contributed by atoms with Gasteiger partial charge in [-0.1, -0.05) is 46.0 Å². The van der Waals surface area contributed by atoms with Gasteiger partial charge in [-0.3, -0.25) is 14.4 Å². The number of carbonyl (C=O) groups excluding carboxylic acids is 3. The van der Waals surface area contributed by atoms with Crippen molar-refractivity contribution in [2.45, 2.75) is 71.4 Å². The van der Waals surface area contributed by atoms with Crippen LogP contribution in [0.4, 0.5) is 0 Å². The molecule has 0 radical (unpaired) electrons. The van der Waals surface area contributed by atoms with Crippen LogP contribution >= 0.6 is 0 Å². The summed E-state index contributed by atoms with van der Waals surface area (Å²) in [5.41, 5.74) is 5.66. The number of hydrogen-bond donors (Lipinski definition) is 4. The molecule has 2 aliphatic rings. The van der Waals surface area contributed by atoms with Crippen molar-refractivity contribution in [2.75, 3.05) is 19.6 Å². The molecule has 2 rings (SSSR count). The monoisotopic (exact) mass is 409 g/mol. The Kier molecular flexibility index (Phi) is 9.24. The Morgan fingerprint density at radius 1 is 1.10 bits per heavy atom. The first-order valence-corrected chi connectivity index (χ1v) is 11.2. The summed E-state index contributed by atoms with van der Waals surface area (Å²) in [7, 11) is 0. The van der Waals surface area contributed by atoms with E-state index in [1.165, 1.54) is 39.0 Å². The fourth-order valence-electron chi connectivity index (χ4n) is 4.89. The molecular weight excluding hydrogens is 370 g/mol. The maximum atomic E-state index is 13.1. The van der Waals surface area contributed by atoms with Crippen LogP contribution < -0.4 is 16.4 Å². The SMILES string of the molecule is CC(C)C(=O)[C@H](CN)NC(=O)[C@@H](CC(=O)[C@@H]1CNC[C@H]1C1CCCCC1)[C@H](C)O. The molecule has 1 saturated carbocycles. The Hall–Kier alpha value is -1.31. The lowest BCUT2D eigenvalue weighted by Crippen LogP contribution is -2.51. The molecule has 0 bridgehead atoms. The Morgan fingerprint density at radius 3 is 2.31 bits per heavy atom. The maximum absolute atomic E-state index is 13.1. The van der Waals surface area contributed by atoms with Crippen LogP contribution in [0.3, 0.4) is 0 Å². The number of nitrogens with one attached hydrogen (secondary N) is 2. The van der Waals surface area contributed by atoms with E-state index < -0.39 is 24.0 Å². The average Bonchev–Trinajstić information content (AvgIpc) is 3.19. The standard InChI is InChI=1S/C22H39N3O4/c1-13(2)21(28)19(10-23)25-22(29)16(14(3)26)9-20(27)18-12-24-11-17(18)15-7-5-4-6-8-15/h13-19,24,26H,4-12,23H2,1-3H3,(H,25,29)/t14-,16-,17-,18+,19-/m0/s1. The van der Waals surface area contributed by atoms with Gasteiger partial charge >= 0.3 is 0 Å². The van der Waals surface area contributed by atoms with Crippen LogP contribution in [0.25, 0.3) is 0 Å². The summed E-state index contributed by atoms with van der Waals surface area (Å²) >= 11 is 0. The van der Waals surface area contributed by atoms with E-state index >= 15 is 0 Å². The third-order valence-corrected chi connectivity index (χ3v) is 6.73. The van der Waals surface area contributed by atoms with Gasteiger partial charge in [0.2, 0.25) is 5.91 Å². The first-order valence-electron chi connectivity index (χ1n) is 11.2. The van der Waals surface area contributed by atoms with Crippen molar-refractivity contribution in [2.24, 2.45) is 35.3 Å². The molecule has 1 saturated heterocycles. The van der Waals surface area contributed by atoms with Gasteiger partial charge in [0.15, 0.2) is 5.78 Å². The molecule has 1 amide bonds. The molecule has 1 heterocycles. The smallest absolute Gasteiger partial charge is 0.226 e. The first-order chi connectivity index (χ1) is 13.8. The number of rotatable bonds is 10. The Morgan fingerprint density at radius 2 is 1.76 bits per heavy atom.